The van der Waals surface area contributed by atoms with E-state index in [1.54, 1.807) is 36.4 Å². The molecule has 0 radical (unpaired) electrons. The van der Waals surface area contributed by atoms with Crippen LogP contribution in [-0.2, 0) is 21.4 Å². The highest BCUT2D eigenvalue weighted by molar-refractivity contribution is 6.46. The van der Waals surface area contributed by atoms with Crippen LogP contribution in [-0.4, -0.2) is 40.0 Å². The Morgan fingerprint density at radius 2 is 1.66 bits per heavy atom. The highest BCUT2D eigenvalue weighted by atomic mass is 35.5. The lowest BCUT2D eigenvalue weighted by Crippen LogP contribution is -2.31. The van der Waals surface area contributed by atoms with Crippen molar-refractivity contribution in [3.8, 4) is 11.5 Å². The molecule has 1 atom stereocenters. The van der Waals surface area contributed by atoms with E-state index >= 15 is 0 Å². The highest BCUT2D eigenvalue weighted by Crippen LogP contribution is 2.41. The zero-order valence-corrected chi connectivity index (χ0v) is 22.7. The van der Waals surface area contributed by atoms with Crippen LogP contribution in [0, 0.1) is 0 Å². The number of ether oxygens (including phenoxy) is 1. The summed E-state index contributed by atoms with van der Waals surface area (Å²) in [5.74, 6) is -0.907. The van der Waals surface area contributed by atoms with Gasteiger partial charge in [0.2, 0.25) is 0 Å². The van der Waals surface area contributed by atoms with Crippen molar-refractivity contribution in [1.82, 2.24) is 4.90 Å². The molecule has 3 aromatic carbocycles. The summed E-state index contributed by atoms with van der Waals surface area (Å²) < 4.78 is 5.80. The molecule has 0 aliphatic carbocycles. The minimum absolute atomic E-state index is 0.0146. The van der Waals surface area contributed by atoms with Gasteiger partial charge in [-0.3, -0.25) is 9.59 Å². The van der Waals surface area contributed by atoms with Gasteiger partial charge >= 0.3 is 0 Å². The molecular weight excluding hydrogens is 502 g/mol. The molecule has 0 saturated carbocycles. The average Bonchev–Trinajstić information content (AvgIpc) is 3.13. The first-order valence-electron chi connectivity index (χ1n) is 12.6. The predicted octanol–water partition coefficient (Wildman–Crippen LogP) is 6.41. The molecule has 3 aromatic rings. The maximum atomic E-state index is 13.4. The van der Waals surface area contributed by atoms with Gasteiger partial charge in [-0.15, -0.1) is 0 Å². The van der Waals surface area contributed by atoms with Crippen molar-refractivity contribution in [2.45, 2.75) is 45.6 Å². The van der Waals surface area contributed by atoms with E-state index in [4.69, 9.17) is 16.3 Å². The SMILES string of the molecule is CCOc1ccc(/C(O)=C2/C(=O)C(=O)N(CCc3ccc(Cl)cc3)C2c2ccc(O)cc2)cc1C(C)(C)C. The van der Waals surface area contributed by atoms with Crippen LogP contribution in [0.25, 0.3) is 5.76 Å². The van der Waals surface area contributed by atoms with Gasteiger partial charge in [0.05, 0.1) is 18.2 Å². The number of benzene rings is 3. The number of halogens is 1. The number of aliphatic hydroxyl groups is 1. The molecule has 4 rings (SSSR count). The maximum absolute atomic E-state index is 13.4. The summed E-state index contributed by atoms with van der Waals surface area (Å²) >= 11 is 6.00. The van der Waals surface area contributed by atoms with Crippen LogP contribution in [0.1, 0.15) is 56.0 Å². The molecule has 1 saturated heterocycles. The second-order valence-corrected chi connectivity index (χ2v) is 10.8. The van der Waals surface area contributed by atoms with Crippen molar-refractivity contribution in [1.29, 1.82) is 0 Å². The molecule has 2 N–H and O–H groups in total. The van der Waals surface area contributed by atoms with Crippen molar-refractivity contribution < 1.29 is 24.5 Å². The Balaban J connectivity index is 1.81. The molecule has 38 heavy (non-hydrogen) atoms. The molecule has 198 valence electrons. The number of nitrogens with zero attached hydrogens (tertiary/aromatic N) is 1. The fraction of sp³-hybridized carbons (Fsp3) is 0.290. The minimum Gasteiger partial charge on any atom is -0.508 e. The van der Waals surface area contributed by atoms with Gasteiger partial charge in [0.15, 0.2) is 0 Å². The molecule has 0 aromatic heterocycles. The lowest BCUT2D eigenvalue weighted by Gasteiger charge is -2.26. The lowest BCUT2D eigenvalue weighted by molar-refractivity contribution is -0.139. The van der Waals surface area contributed by atoms with E-state index < -0.39 is 17.7 Å². The number of hydrogen-bond donors (Lipinski definition) is 2. The van der Waals surface area contributed by atoms with Crippen molar-refractivity contribution in [3.63, 3.8) is 0 Å². The number of likely N-dealkylation sites (tertiary alicyclic amines) is 1. The van der Waals surface area contributed by atoms with E-state index in [2.05, 4.69) is 0 Å². The van der Waals surface area contributed by atoms with E-state index in [9.17, 15) is 19.8 Å². The number of carbonyl (C=O) groups is 2. The summed E-state index contributed by atoms with van der Waals surface area (Å²) in [4.78, 5) is 28.2. The van der Waals surface area contributed by atoms with Gasteiger partial charge in [-0.1, -0.05) is 56.6 Å². The third-order valence-corrected chi connectivity index (χ3v) is 6.92. The molecule has 7 heteroatoms. The fourth-order valence-electron chi connectivity index (χ4n) is 4.71. The number of hydrogen-bond acceptors (Lipinski definition) is 5. The van der Waals surface area contributed by atoms with E-state index in [-0.39, 0.29) is 29.0 Å². The largest absolute Gasteiger partial charge is 0.508 e. The third-order valence-electron chi connectivity index (χ3n) is 6.66. The fourth-order valence-corrected chi connectivity index (χ4v) is 4.84. The molecule has 0 spiro atoms. The number of phenols is 1. The van der Waals surface area contributed by atoms with Crippen molar-refractivity contribution in [2.75, 3.05) is 13.2 Å². The van der Waals surface area contributed by atoms with Gasteiger partial charge in [-0.2, -0.15) is 0 Å². The number of ketones is 1. The Kier molecular flexibility index (Phi) is 7.83. The third kappa shape index (κ3) is 5.55. The van der Waals surface area contributed by atoms with Crippen molar-refractivity contribution in [2.24, 2.45) is 0 Å². The molecule has 1 aliphatic heterocycles. The first kappa shape index (κ1) is 27.3. The second-order valence-electron chi connectivity index (χ2n) is 10.4. The molecule has 1 amide bonds. The molecule has 1 fully saturated rings. The summed E-state index contributed by atoms with van der Waals surface area (Å²) in [5.41, 5.74) is 2.60. The Morgan fingerprint density at radius 3 is 2.26 bits per heavy atom. The first-order chi connectivity index (χ1) is 18.0. The number of rotatable bonds is 7. The second kappa shape index (κ2) is 10.9. The Labute approximate surface area is 228 Å². The number of aromatic hydroxyl groups is 1. The molecular formula is C31H32ClNO5. The van der Waals surface area contributed by atoms with E-state index in [1.807, 2.05) is 45.9 Å². The van der Waals surface area contributed by atoms with Gasteiger partial charge in [0.1, 0.15) is 17.3 Å². The zero-order chi connectivity index (χ0) is 27.6. The number of aliphatic hydroxyl groups excluding tert-OH is 1. The van der Waals surface area contributed by atoms with Crippen LogP contribution in [0.15, 0.2) is 72.3 Å². The number of amides is 1. The van der Waals surface area contributed by atoms with Crippen LogP contribution < -0.4 is 4.74 Å². The van der Waals surface area contributed by atoms with Gasteiger partial charge < -0.3 is 19.8 Å². The Hall–Kier alpha value is -3.77. The number of Topliss-reactive ketones (excluding diaryl/α,β-unsaturated/α-hetero) is 1. The van der Waals surface area contributed by atoms with Gasteiger partial charge in [0, 0.05) is 22.7 Å². The highest BCUT2D eigenvalue weighted by Gasteiger charge is 2.46. The Morgan fingerprint density at radius 1 is 1.00 bits per heavy atom. The Bertz CT molecular complexity index is 1370. The molecule has 0 bridgehead atoms. The quantitative estimate of drug-likeness (QED) is 0.208. The molecule has 1 unspecified atom stereocenters. The van der Waals surface area contributed by atoms with Crippen molar-refractivity contribution >= 4 is 29.1 Å². The van der Waals surface area contributed by atoms with Crippen molar-refractivity contribution in [3.05, 3.63) is 99.6 Å². The van der Waals surface area contributed by atoms with E-state index in [0.717, 1.165) is 11.1 Å². The van der Waals surface area contributed by atoms with Gasteiger partial charge in [0.25, 0.3) is 11.7 Å². The summed E-state index contributed by atoms with van der Waals surface area (Å²) in [7, 11) is 0. The maximum Gasteiger partial charge on any atom is 0.295 e. The first-order valence-corrected chi connectivity index (χ1v) is 13.0. The minimum atomic E-state index is -0.812. The van der Waals surface area contributed by atoms with E-state index in [0.29, 0.717) is 34.9 Å². The summed E-state index contributed by atoms with van der Waals surface area (Å²) in [6, 6.07) is 18.1. The van der Waals surface area contributed by atoms with Gasteiger partial charge in [-0.05, 0) is 72.4 Å². The monoisotopic (exact) mass is 533 g/mol. The zero-order valence-electron chi connectivity index (χ0n) is 22.0. The lowest BCUT2D eigenvalue weighted by atomic mass is 9.84. The molecule has 1 heterocycles. The topological polar surface area (TPSA) is 87.1 Å². The van der Waals surface area contributed by atoms with E-state index in [1.165, 1.54) is 17.0 Å². The summed E-state index contributed by atoms with van der Waals surface area (Å²) in [5, 5.41) is 22.0. The van der Waals surface area contributed by atoms with Crippen LogP contribution in [0.2, 0.25) is 5.02 Å². The predicted molar refractivity (Wildman–Crippen MR) is 149 cm³/mol. The summed E-state index contributed by atoms with van der Waals surface area (Å²) in [6.45, 7) is 8.78. The smallest absolute Gasteiger partial charge is 0.295 e. The normalized spacial score (nSPS) is 17.2. The molecule has 1 aliphatic rings. The summed E-state index contributed by atoms with van der Waals surface area (Å²) in [6.07, 6.45) is 0.496. The molecule has 6 nitrogen and oxygen atoms in total. The number of phenolic OH excluding ortho intramolecular Hbond substituents is 1. The van der Waals surface area contributed by atoms with Crippen LogP contribution in [0.4, 0.5) is 0 Å². The van der Waals surface area contributed by atoms with Crippen LogP contribution in [0.5, 0.6) is 11.5 Å². The number of carbonyl (C=O) groups excluding carboxylic acids is 2. The van der Waals surface area contributed by atoms with Gasteiger partial charge in [-0.25, -0.2) is 0 Å². The van der Waals surface area contributed by atoms with Crippen LogP contribution >= 0.6 is 11.6 Å². The average molecular weight is 534 g/mol. The van der Waals surface area contributed by atoms with Crippen LogP contribution in [0.3, 0.4) is 0 Å². The standard InChI is InChI=1S/C31H32ClNO5/c1-5-38-25-15-10-21(18-24(25)31(2,3)4)28(35)26-27(20-8-13-23(34)14-9-20)33(30(37)29(26)36)17-16-19-6-11-22(32)12-7-19/h6-15,18,27,34-35H,5,16-17H2,1-4H3/b28-26-.